The molecule has 7 nitrogen and oxygen atoms in total. The van der Waals surface area contributed by atoms with Gasteiger partial charge in [-0.3, -0.25) is 4.99 Å². The third-order valence-corrected chi connectivity index (χ3v) is 4.24. The molecule has 1 heterocycles. The number of methoxy groups -OCH3 is 1. The Balaban J connectivity index is 0.00000392. The van der Waals surface area contributed by atoms with Crippen molar-refractivity contribution in [3.05, 3.63) is 29.6 Å². The van der Waals surface area contributed by atoms with E-state index in [0.29, 0.717) is 51.2 Å². The largest absolute Gasteiger partial charge is 0.382 e. The van der Waals surface area contributed by atoms with Crippen LogP contribution in [0, 0.1) is 5.82 Å². The Morgan fingerprint density at radius 1 is 1.21 bits per heavy atom. The molecular formula is C19H32FIN4O3. The second kappa shape index (κ2) is 14.8. The quantitative estimate of drug-likeness (QED) is 0.217. The maximum atomic E-state index is 14.4. The van der Waals surface area contributed by atoms with Crippen molar-refractivity contribution >= 4 is 35.6 Å². The van der Waals surface area contributed by atoms with Gasteiger partial charge in [-0.2, -0.15) is 0 Å². The average Bonchev–Trinajstić information content (AvgIpc) is 2.70. The zero-order valence-electron chi connectivity index (χ0n) is 16.7. The molecule has 0 atom stereocenters. The summed E-state index contributed by atoms with van der Waals surface area (Å²) in [6, 6.07) is 5.36. The number of hydrogen-bond acceptors (Lipinski definition) is 5. The minimum atomic E-state index is -0.202. The van der Waals surface area contributed by atoms with Crippen molar-refractivity contribution in [2.75, 3.05) is 71.7 Å². The molecule has 0 spiro atoms. The van der Waals surface area contributed by atoms with E-state index in [1.165, 1.54) is 0 Å². The molecule has 0 saturated carbocycles. The molecule has 160 valence electrons. The molecule has 2 rings (SSSR count). The standard InChI is InChI=1S/C19H31FN4O3.HI/c1-21-19(22-6-3-9-26-13-12-25-2)23-15-16-4-5-18(17(20)14-16)24-7-10-27-11-8-24;/h4-5,14H,3,6-13,15H2,1-2H3,(H2,21,22,23);1H. The molecule has 0 unspecified atom stereocenters. The monoisotopic (exact) mass is 510 g/mol. The third-order valence-electron chi connectivity index (χ3n) is 4.24. The Labute approximate surface area is 184 Å². The van der Waals surface area contributed by atoms with Gasteiger partial charge in [-0.05, 0) is 24.1 Å². The van der Waals surface area contributed by atoms with E-state index in [2.05, 4.69) is 15.6 Å². The fraction of sp³-hybridized carbons (Fsp3) is 0.632. The fourth-order valence-electron chi connectivity index (χ4n) is 2.75. The number of halogens is 2. The zero-order chi connectivity index (χ0) is 19.3. The van der Waals surface area contributed by atoms with Crippen LogP contribution in [-0.2, 0) is 20.8 Å². The zero-order valence-corrected chi connectivity index (χ0v) is 19.0. The van der Waals surface area contributed by atoms with Crippen LogP contribution in [0.5, 0.6) is 0 Å². The van der Waals surface area contributed by atoms with Crippen LogP contribution in [0.4, 0.5) is 10.1 Å². The number of guanidine groups is 1. The van der Waals surface area contributed by atoms with E-state index >= 15 is 0 Å². The number of ether oxygens (including phenoxy) is 3. The molecule has 0 bridgehead atoms. The first kappa shape index (κ1) is 24.9. The second-order valence-electron chi connectivity index (χ2n) is 6.20. The lowest BCUT2D eigenvalue weighted by Crippen LogP contribution is -2.38. The van der Waals surface area contributed by atoms with Gasteiger partial charge < -0.3 is 29.7 Å². The number of nitrogens with one attached hydrogen (secondary N) is 2. The molecule has 0 aliphatic carbocycles. The van der Waals surface area contributed by atoms with Gasteiger partial charge in [0.2, 0.25) is 0 Å². The van der Waals surface area contributed by atoms with Crippen molar-refractivity contribution in [3.63, 3.8) is 0 Å². The molecule has 2 N–H and O–H groups in total. The first-order valence-corrected chi connectivity index (χ1v) is 9.37. The number of aliphatic imine (C=N–C) groups is 1. The molecule has 1 saturated heterocycles. The summed E-state index contributed by atoms with van der Waals surface area (Å²) >= 11 is 0. The van der Waals surface area contributed by atoms with Gasteiger partial charge >= 0.3 is 0 Å². The van der Waals surface area contributed by atoms with E-state index in [1.807, 2.05) is 17.0 Å². The van der Waals surface area contributed by atoms with Gasteiger partial charge in [0.05, 0.1) is 32.1 Å². The molecule has 1 aromatic carbocycles. The number of hydrogen-bond donors (Lipinski definition) is 2. The molecule has 1 aliphatic rings. The molecular weight excluding hydrogens is 478 g/mol. The van der Waals surface area contributed by atoms with E-state index < -0.39 is 0 Å². The van der Waals surface area contributed by atoms with Crippen LogP contribution >= 0.6 is 24.0 Å². The van der Waals surface area contributed by atoms with E-state index in [1.54, 1.807) is 20.2 Å². The molecule has 0 aromatic heterocycles. The highest BCUT2D eigenvalue weighted by molar-refractivity contribution is 14.0. The van der Waals surface area contributed by atoms with Crippen LogP contribution in [0.2, 0.25) is 0 Å². The highest BCUT2D eigenvalue weighted by atomic mass is 127. The molecule has 0 radical (unpaired) electrons. The third kappa shape index (κ3) is 8.89. The highest BCUT2D eigenvalue weighted by Gasteiger charge is 2.15. The molecule has 28 heavy (non-hydrogen) atoms. The van der Waals surface area contributed by atoms with E-state index in [4.69, 9.17) is 14.2 Å². The van der Waals surface area contributed by atoms with Crippen molar-refractivity contribution in [2.24, 2.45) is 4.99 Å². The highest BCUT2D eigenvalue weighted by Crippen LogP contribution is 2.21. The lowest BCUT2D eigenvalue weighted by molar-refractivity contribution is 0.0698. The lowest BCUT2D eigenvalue weighted by Gasteiger charge is -2.29. The minimum absolute atomic E-state index is 0. The summed E-state index contributed by atoms with van der Waals surface area (Å²) in [4.78, 5) is 6.20. The number of nitrogens with zero attached hydrogens (tertiary/aromatic N) is 2. The first-order chi connectivity index (χ1) is 13.2. The van der Waals surface area contributed by atoms with Crippen LogP contribution in [0.3, 0.4) is 0 Å². The summed E-state index contributed by atoms with van der Waals surface area (Å²) in [5, 5.41) is 6.42. The summed E-state index contributed by atoms with van der Waals surface area (Å²) in [5.74, 6) is 0.483. The molecule has 9 heteroatoms. The van der Waals surface area contributed by atoms with Crippen LogP contribution in [0.15, 0.2) is 23.2 Å². The predicted octanol–water partition coefficient (Wildman–Crippen LogP) is 2.00. The summed E-state index contributed by atoms with van der Waals surface area (Å²) in [6.07, 6.45) is 0.868. The number of benzene rings is 1. The summed E-state index contributed by atoms with van der Waals surface area (Å²) in [6.45, 7) is 5.86. The topological polar surface area (TPSA) is 67.4 Å². The lowest BCUT2D eigenvalue weighted by atomic mass is 10.1. The van der Waals surface area contributed by atoms with Crippen molar-refractivity contribution in [3.8, 4) is 0 Å². The SMILES string of the molecule is CN=C(NCCCOCCOC)NCc1ccc(N2CCOCC2)c(F)c1.I. The van der Waals surface area contributed by atoms with Crippen LogP contribution in [-0.4, -0.2) is 72.8 Å². The predicted molar refractivity (Wildman–Crippen MR) is 120 cm³/mol. The van der Waals surface area contributed by atoms with Crippen molar-refractivity contribution in [1.82, 2.24) is 10.6 Å². The average molecular weight is 510 g/mol. The van der Waals surface area contributed by atoms with E-state index in [0.717, 1.165) is 31.6 Å². The Hall–Kier alpha value is -1.17. The fourth-order valence-corrected chi connectivity index (χ4v) is 2.75. The smallest absolute Gasteiger partial charge is 0.191 e. The van der Waals surface area contributed by atoms with Gasteiger partial charge in [0.1, 0.15) is 5.82 Å². The summed E-state index contributed by atoms with van der Waals surface area (Å²) < 4.78 is 30.1. The Kier molecular flexibility index (Phi) is 13.1. The van der Waals surface area contributed by atoms with Crippen molar-refractivity contribution in [1.29, 1.82) is 0 Å². The molecule has 1 fully saturated rings. The number of morpholine rings is 1. The van der Waals surface area contributed by atoms with Gasteiger partial charge in [-0.25, -0.2) is 4.39 Å². The maximum absolute atomic E-state index is 14.4. The van der Waals surface area contributed by atoms with Gasteiger partial charge in [-0.1, -0.05) is 6.07 Å². The summed E-state index contributed by atoms with van der Waals surface area (Å²) in [5.41, 5.74) is 1.51. The Bertz CT molecular complexity index is 586. The van der Waals surface area contributed by atoms with Gasteiger partial charge in [-0.15, -0.1) is 24.0 Å². The van der Waals surface area contributed by atoms with Crippen LogP contribution < -0.4 is 15.5 Å². The molecule has 0 amide bonds. The van der Waals surface area contributed by atoms with E-state index in [9.17, 15) is 4.39 Å². The number of rotatable bonds is 10. The van der Waals surface area contributed by atoms with Crippen LogP contribution in [0.25, 0.3) is 0 Å². The summed E-state index contributed by atoms with van der Waals surface area (Å²) in [7, 11) is 3.37. The maximum Gasteiger partial charge on any atom is 0.191 e. The van der Waals surface area contributed by atoms with Crippen molar-refractivity contribution in [2.45, 2.75) is 13.0 Å². The minimum Gasteiger partial charge on any atom is -0.382 e. The Morgan fingerprint density at radius 2 is 2.00 bits per heavy atom. The van der Waals surface area contributed by atoms with Gasteiger partial charge in [0.15, 0.2) is 5.96 Å². The van der Waals surface area contributed by atoms with Gasteiger partial charge in [0, 0.05) is 46.9 Å². The first-order valence-electron chi connectivity index (χ1n) is 9.37. The number of anilines is 1. The second-order valence-corrected chi connectivity index (χ2v) is 6.20. The molecule has 1 aromatic rings. The normalized spacial score (nSPS) is 14.5. The van der Waals surface area contributed by atoms with Gasteiger partial charge in [0.25, 0.3) is 0 Å². The molecule has 1 aliphatic heterocycles. The van der Waals surface area contributed by atoms with Crippen LogP contribution in [0.1, 0.15) is 12.0 Å². The Morgan fingerprint density at radius 3 is 2.68 bits per heavy atom. The van der Waals surface area contributed by atoms with Crippen molar-refractivity contribution < 1.29 is 18.6 Å². The van der Waals surface area contributed by atoms with E-state index in [-0.39, 0.29) is 29.8 Å².